The van der Waals surface area contributed by atoms with Gasteiger partial charge in [0, 0.05) is 5.39 Å². The molecule has 19 heavy (non-hydrogen) atoms. The zero-order valence-electron chi connectivity index (χ0n) is 12.3. The van der Waals surface area contributed by atoms with Gasteiger partial charge in [-0.25, -0.2) is 0 Å². The maximum absolute atomic E-state index is 9.34. The minimum Gasteiger partial charge on any atom is -0.541 e. The van der Waals surface area contributed by atoms with Crippen LogP contribution in [-0.2, 0) is 6.61 Å². The van der Waals surface area contributed by atoms with Gasteiger partial charge in [-0.05, 0) is 41.9 Å². The number of fused-ring (bicyclic) bond motifs is 1. The molecule has 0 saturated carbocycles. The van der Waals surface area contributed by atoms with Crippen LogP contribution in [-0.4, -0.2) is 13.4 Å². The molecule has 2 rings (SSSR count). The smallest absolute Gasteiger partial charge is 0.250 e. The number of aliphatic hydroxyl groups excluding tert-OH is 1. The Hall–Kier alpha value is -1.26. The molecule has 0 saturated heterocycles. The Morgan fingerprint density at radius 1 is 1.26 bits per heavy atom. The third-order valence-electron chi connectivity index (χ3n) is 3.93. The Morgan fingerprint density at radius 3 is 2.53 bits per heavy atom. The third-order valence-corrected chi connectivity index (χ3v) is 8.27. The lowest BCUT2D eigenvalue weighted by Gasteiger charge is -2.36. The molecule has 0 spiro atoms. The first-order valence-corrected chi connectivity index (χ1v) is 9.45. The van der Waals surface area contributed by atoms with E-state index in [1.165, 1.54) is 0 Å². The predicted molar refractivity (Wildman–Crippen MR) is 80.0 cm³/mol. The Labute approximate surface area is 115 Å². The van der Waals surface area contributed by atoms with Crippen molar-refractivity contribution in [1.29, 1.82) is 0 Å². The van der Waals surface area contributed by atoms with Crippen molar-refractivity contribution in [3.8, 4) is 5.75 Å². The summed E-state index contributed by atoms with van der Waals surface area (Å²) in [7, 11) is -1.91. The van der Waals surface area contributed by atoms with Gasteiger partial charge in [-0.1, -0.05) is 20.8 Å². The van der Waals surface area contributed by atoms with Gasteiger partial charge in [0.2, 0.25) is 0 Å². The van der Waals surface area contributed by atoms with Crippen molar-refractivity contribution in [2.24, 2.45) is 0 Å². The lowest BCUT2D eigenvalue weighted by atomic mass is 10.1. The molecule has 2 aromatic rings. The van der Waals surface area contributed by atoms with Crippen LogP contribution in [0.5, 0.6) is 5.75 Å². The normalized spacial score (nSPS) is 12.9. The highest BCUT2D eigenvalue weighted by atomic mass is 28.4. The molecular formula is C15H22O3Si. The van der Waals surface area contributed by atoms with Crippen LogP contribution in [0.1, 0.15) is 26.3 Å². The zero-order chi connectivity index (χ0) is 14.3. The standard InChI is InChI=1S/C15H22O3Si/c1-15(2,3)19(4,5)18-13-9-11(10-16)8-12-6-7-17-14(12)13/h6-9,16H,10H2,1-5H3. The largest absolute Gasteiger partial charge is 0.541 e. The monoisotopic (exact) mass is 278 g/mol. The molecule has 3 nitrogen and oxygen atoms in total. The molecule has 0 aliphatic rings. The Bertz CT molecular complexity index is 579. The zero-order valence-corrected chi connectivity index (χ0v) is 13.3. The number of benzene rings is 1. The number of aliphatic hydroxyl groups is 1. The van der Waals surface area contributed by atoms with Gasteiger partial charge >= 0.3 is 0 Å². The highest BCUT2D eigenvalue weighted by molar-refractivity contribution is 6.74. The average Bonchev–Trinajstić information content (AvgIpc) is 2.75. The van der Waals surface area contributed by atoms with Crippen LogP contribution in [0.4, 0.5) is 0 Å². The van der Waals surface area contributed by atoms with Crippen LogP contribution >= 0.6 is 0 Å². The van der Waals surface area contributed by atoms with Gasteiger partial charge in [-0.2, -0.15) is 0 Å². The summed E-state index contributed by atoms with van der Waals surface area (Å²) < 4.78 is 11.8. The fourth-order valence-electron chi connectivity index (χ4n) is 1.70. The first-order valence-electron chi connectivity index (χ1n) is 6.54. The van der Waals surface area contributed by atoms with E-state index in [0.717, 1.165) is 22.3 Å². The number of furan rings is 1. The molecule has 1 aromatic heterocycles. The maximum atomic E-state index is 9.34. The van der Waals surface area contributed by atoms with Crippen molar-refractivity contribution in [3.05, 3.63) is 30.0 Å². The molecule has 104 valence electrons. The van der Waals surface area contributed by atoms with E-state index in [2.05, 4.69) is 33.9 Å². The topological polar surface area (TPSA) is 42.6 Å². The third kappa shape index (κ3) is 2.69. The Morgan fingerprint density at radius 2 is 1.95 bits per heavy atom. The number of hydrogen-bond donors (Lipinski definition) is 1. The van der Waals surface area contributed by atoms with Crippen LogP contribution in [0.15, 0.2) is 28.9 Å². The van der Waals surface area contributed by atoms with E-state index in [9.17, 15) is 5.11 Å². The molecule has 0 amide bonds. The van der Waals surface area contributed by atoms with E-state index in [1.54, 1.807) is 6.26 Å². The molecular weight excluding hydrogens is 256 g/mol. The summed E-state index contributed by atoms with van der Waals surface area (Å²) in [6.45, 7) is 11.0. The molecule has 0 bridgehead atoms. The summed E-state index contributed by atoms with van der Waals surface area (Å²) in [6.07, 6.45) is 1.66. The fraction of sp³-hybridized carbons (Fsp3) is 0.467. The quantitative estimate of drug-likeness (QED) is 0.851. The molecule has 0 aliphatic heterocycles. The van der Waals surface area contributed by atoms with E-state index in [1.807, 2.05) is 18.2 Å². The molecule has 0 unspecified atom stereocenters. The van der Waals surface area contributed by atoms with E-state index in [-0.39, 0.29) is 11.6 Å². The molecule has 1 N–H and O–H groups in total. The summed E-state index contributed by atoms with van der Waals surface area (Å²) in [5.74, 6) is 0.748. The predicted octanol–water partition coefficient (Wildman–Crippen LogP) is 4.31. The van der Waals surface area contributed by atoms with Crippen LogP contribution in [0, 0.1) is 0 Å². The number of rotatable bonds is 3. The van der Waals surface area contributed by atoms with Crippen molar-refractivity contribution < 1.29 is 13.9 Å². The van der Waals surface area contributed by atoms with E-state index in [0.29, 0.717) is 0 Å². The van der Waals surface area contributed by atoms with Crippen LogP contribution in [0.25, 0.3) is 11.0 Å². The summed E-state index contributed by atoms with van der Waals surface area (Å²) in [4.78, 5) is 0. The lowest BCUT2D eigenvalue weighted by molar-refractivity contribution is 0.281. The second-order valence-electron chi connectivity index (χ2n) is 6.45. The van der Waals surface area contributed by atoms with Gasteiger partial charge < -0.3 is 13.9 Å². The second kappa shape index (κ2) is 4.69. The first-order chi connectivity index (χ1) is 8.74. The van der Waals surface area contributed by atoms with Gasteiger partial charge in [-0.15, -0.1) is 0 Å². The van der Waals surface area contributed by atoms with Crippen molar-refractivity contribution in [2.75, 3.05) is 0 Å². The maximum Gasteiger partial charge on any atom is 0.250 e. The molecule has 4 heteroatoms. The minimum absolute atomic E-state index is 0.00891. The Balaban J connectivity index is 2.47. The fourth-order valence-corrected chi connectivity index (χ4v) is 2.71. The molecule has 1 heterocycles. The van der Waals surface area contributed by atoms with Crippen molar-refractivity contribution in [3.63, 3.8) is 0 Å². The molecule has 0 atom stereocenters. The van der Waals surface area contributed by atoms with Crippen molar-refractivity contribution >= 4 is 19.3 Å². The lowest BCUT2D eigenvalue weighted by Crippen LogP contribution is -2.43. The summed E-state index contributed by atoms with van der Waals surface area (Å²) in [6, 6.07) is 5.71. The summed E-state index contributed by atoms with van der Waals surface area (Å²) >= 11 is 0. The summed E-state index contributed by atoms with van der Waals surface area (Å²) in [5, 5.41) is 10.4. The van der Waals surface area contributed by atoms with Gasteiger partial charge in [0.1, 0.15) is 5.75 Å². The second-order valence-corrected chi connectivity index (χ2v) is 11.2. The van der Waals surface area contributed by atoms with E-state index < -0.39 is 8.32 Å². The average molecular weight is 278 g/mol. The highest BCUT2D eigenvalue weighted by Crippen LogP contribution is 2.39. The first kappa shape index (κ1) is 14.2. The Kier molecular flexibility index (Phi) is 3.49. The molecule has 0 aliphatic carbocycles. The van der Waals surface area contributed by atoms with Gasteiger partial charge in [0.05, 0.1) is 12.9 Å². The highest BCUT2D eigenvalue weighted by Gasteiger charge is 2.39. The SMILES string of the molecule is CC(C)(C)[Si](C)(C)Oc1cc(CO)cc2ccoc12. The van der Waals surface area contributed by atoms with E-state index in [4.69, 9.17) is 8.84 Å². The summed E-state index contributed by atoms with van der Waals surface area (Å²) in [5.41, 5.74) is 1.62. The van der Waals surface area contributed by atoms with Gasteiger partial charge in [0.25, 0.3) is 8.32 Å². The van der Waals surface area contributed by atoms with Crippen LogP contribution in [0.2, 0.25) is 18.1 Å². The van der Waals surface area contributed by atoms with Crippen LogP contribution in [0.3, 0.4) is 0 Å². The van der Waals surface area contributed by atoms with Crippen molar-refractivity contribution in [2.45, 2.75) is 45.5 Å². The molecule has 1 aromatic carbocycles. The van der Waals surface area contributed by atoms with Crippen LogP contribution < -0.4 is 4.43 Å². The van der Waals surface area contributed by atoms with Gasteiger partial charge in [-0.3, -0.25) is 0 Å². The number of hydrogen-bond acceptors (Lipinski definition) is 3. The van der Waals surface area contributed by atoms with Gasteiger partial charge in [0.15, 0.2) is 5.58 Å². The minimum atomic E-state index is -1.91. The molecule has 0 radical (unpaired) electrons. The molecule has 0 fully saturated rings. The van der Waals surface area contributed by atoms with E-state index >= 15 is 0 Å². The van der Waals surface area contributed by atoms with Crippen molar-refractivity contribution in [1.82, 2.24) is 0 Å².